The van der Waals surface area contributed by atoms with Gasteiger partial charge in [-0.25, -0.2) is 24.3 Å². The number of allylic oxidation sites excluding steroid dienone is 8. The number of rotatable bonds is 4. The predicted molar refractivity (Wildman–Crippen MR) is 426 cm³/mol. The molecule has 512 valence electrons. The first kappa shape index (κ1) is 78.9. The minimum absolute atomic E-state index is 0. The summed E-state index contributed by atoms with van der Waals surface area (Å²) >= 11 is 2.89. The third kappa shape index (κ3) is 18.3. The number of hydrogen-bond donors (Lipinski definition) is 0. The number of benzene rings is 12. The van der Waals surface area contributed by atoms with E-state index in [1.807, 2.05) is 24.3 Å². The molecule has 0 saturated heterocycles. The molecule has 0 saturated carbocycles. The molecule has 0 unspecified atom stereocenters. The second-order valence-electron chi connectivity index (χ2n) is 31.3. The molecule has 12 aromatic carbocycles. The van der Waals surface area contributed by atoms with Gasteiger partial charge in [0.1, 0.15) is 0 Å². The fraction of sp³-hybridized carbons (Fsp3) is 0.245. The molecule has 0 aromatic heterocycles. The van der Waals surface area contributed by atoms with Crippen molar-refractivity contribution in [3.8, 4) is 22.3 Å². The van der Waals surface area contributed by atoms with Crippen LogP contribution in [0.25, 0.3) is 65.3 Å². The third-order valence-electron chi connectivity index (χ3n) is 19.6. The Hall–Kier alpha value is -7.27. The Bertz CT molecular complexity index is 4530. The van der Waals surface area contributed by atoms with Crippen LogP contribution in [0.4, 0.5) is 0 Å². The van der Waals surface area contributed by atoms with Crippen molar-refractivity contribution < 1.29 is 73.3 Å². The Morgan fingerprint density at radius 3 is 0.833 bits per heavy atom. The molecule has 4 heteroatoms. The molecule has 12 aromatic rings. The normalized spacial score (nSPS) is 12.7. The van der Waals surface area contributed by atoms with Crippen LogP contribution in [0.1, 0.15) is 185 Å². The van der Waals surface area contributed by atoms with Crippen LogP contribution < -0.4 is 24.8 Å². The van der Waals surface area contributed by atoms with Crippen LogP contribution in [0.3, 0.4) is 0 Å². The Balaban J connectivity index is 0.000000150. The van der Waals surface area contributed by atoms with Crippen LogP contribution in [0, 0.1) is 52.0 Å². The Kier molecular flexibility index (Phi) is 26.0. The first-order valence-electron chi connectivity index (χ1n) is 35.6. The van der Waals surface area contributed by atoms with E-state index in [9.17, 15) is 0 Å². The molecule has 0 atom stereocenters. The summed E-state index contributed by atoms with van der Waals surface area (Å²) in [6, 6.07) is 82.8. The molecule has 0 heterocycles. The Morgan fingerprint density at radius 1 is 0.324 bits per heavy atom. The van der Waals surface area contributed by atoms with E-state index in [1.165, 1.54) is 209 Å². The molecular formula is C98H96Cl2Zr2-2. The van der Waals surface area contributed by atoms with E-state index < -0.39 is 0 Å². The van der Waals surface area contributed by atoms with Crippen LogP contribution in [0.2, 0.25) is 0 Å². The van der Waals surface area contributed by atoms with Crippen LogP contribution in [0.15, 0.2) is 243 Å². The molecule has 0 amide bonds. The van der Waals surface area contributed by atoms with Gasteiger partial charge in [-0.3, -0.25) is 12.2 Å². The van der Waals surface area contributed by atoms with E-state index in [1.54, 1.807) is 0 Å². The summed E-state index contributed by atoms with van der Waals surface area (Å²) in [5.74, 6) is 0. The van der Waals surface area contributed by atoms with E-state index in [-0.39, 0.29) is 46.5 Å². The molecular weight excluding hydrogens is 1430 g/mol. The van der Waals surface area contributed by atoms with Crippen LogP contribution in [-0.4, -0.2) is 6.41 Å². The van der Waals surface area contributed by atoms with Gasteiger partial charge in [-0.15, -0.1) is 46.2 Å². The maximum atomic E-state index is 3.69. The minimum atomic E-state index is 0. The molecule has 16 rings (SSSR count). The molecule has 0 aliphatic heterocycles. The van der Waals surface area contributed by atoms with Crippen molar-refractivity contribution in [3.05, 3.63) is 356 Å². The summed E-state index contributed by atoms with van der Waals surface area (Å²) in [5.41, 5.74) is 28.6. The van der Waals surface area contributed by atoms with Gasteiger partial charge in [0.15, 0.2) is 0 Å². The molecule has 102 heavy (non-hydrogen) atoms. The van der Waals surface area contributed by atoms with Gasteiger partial charge in [-0.05, 0) is 70.9 Å². The van der Waals surface area contributed by atoms with Crippen LogP contribution in [-0.2, 0) is 83.0 Å². The van der Waals surface area contributed by atoms with Crippen molar-refractivity contribution in [1.82, 2.24) is 0 Å². The zero-order valence-electron chi connectivity index (χ0n) is 62.7. The summed E-state index contributed by atoms with van der Waals surface area (Å²) in [5, 5.41) is 10.6. The number of hydrogen-bond acceptors (Lipinski definition) is 0. The van der Waals surface area contributed by atoms with Gasteiger partial charge < -0.3 is 24.8 Å². The molecule has 0 nitrogen and oxygen atoms in total. The van der Waals surface area contributed by atoms with Gasteiger partial charge in [0, 0.05) is 0 Å². The first-order valence-corrected chi connectivity index (χ1v) is 38.1. The van der Waals surface area contributed by atoms with Crippen LogP contribution in [0.5, 0.6) is 0 Å². The van der Waals surface area contributed by atoms with E-state index in [0.717, 1.165) is 25.7 Å². The van der Waals surface area contributed by atoms with Gasteiger partial charge in [0.05, 0.1) is 0 Å². The van der Waals surface area contributed by atoms with Crippen molar-refractivity contribution in [1.29, 1.82) is 0 Å². The summed E-state index contributed by atoms with van der Waals surface area (Å²) in [6.45, 7) is 36.5. The fourth-order valence-electron chi connectivity index (χ4n) is 14.8. The molecule has 4 aliphatic carbocycles. The summed E-state index contributed by atoms with van der Waals surface area (Å²) in [6.07, 6.45) is 22.1. The third-order valence-corrected chi connectivity index (χ3v) is 22.2. The van der Waals surface area contributed by atoms with Gasteiger partial charge >= 0.3 is 290 Å². The van der Waals surface area contributed by atoms with Crippen molar-refractivity contribution in [2.24, 2.45) is 0 Å². The topological polar surface area (TPSA) is 0 Å². The second kappa shape index (κ2) is 33.7. The molecule has 0 N–H and O–H groups in total. The van der Waals surface area contributed by atoms with Crippen molar-refractivity contribution in [2.45, 2.75) is 158 Å². The van der Waals surface area contributed by atoms with E-state index >= 15 is 0 Å². The fourth-order valence-corrected chi connectivity index (χ4v) is 16.9. The SMILES string of the molecule is Cc1[c-]c2c(cc1C(C)(C)C)-c1cc(C(C)(C)C)c(C)cc1C2.Cc1[c-]c2c(cc1C(C)(C)C)-c1cc(C(C)(C)C)c(C)cc1C2.[C-]1=CC=CC1.[C-]1=CC=CC1.[Cl-].[Cl-].[Zr+2]=[C](c1cccc2ccccc12)c1cccc2ccccc12.[Zr+2]=[C](c1cccc2ccccc12)c1cccc2ccccc12. The van der Waals surface area contributed by atoms with Gasteiger partial charge in [-0.2, -0.15) is 47.5 Å². The summed E-state index contributed by atoms with van der Waals surface area (Å²) in [4.78, 5) is 0. The number of halogens is 2. The molecule has 0 bridgehead atoms. The first-order chi connectivity index (χ1) is 47.6. The maximum absolute atomic E-state index is 3.69. The van der Waals surface area contributed by atoms with Gasteiger partial charge in [-0.1, -0.05) is 143 Å². The second-order valence-corrected chi connectivity index (χ2v) is 33.7. The monoisotopic (exact) mass is 1520 g/mol. The van der Waals surface area contributed by atoms with E-state index in [0.29, 0.717) is 0 Å². The standard InChI is InChI=1S/2C23H29.2C21H14.2C5H5.2ClH.2Zr/c2*1-14-9-16-11-17-10-15(2)21(23(6,7)8)13-19(17)18(16)12-20(14)22(3,4)5;2*1-3-13-20-16(7-1)9-5-11-18(20)15-19-12-6-10-17-8-2-4-14-21(17)19;2*1-2-4-5-3-1;;;;/h2*9,12-13H,11H2,1-8H3;2*1-14H;2*1-3H,4H2;2*1H;;/q2*-1;;;2*-1;;;2*+2/p-2. The number of aryl methyl sites for hydroxylation is 4. The molecule has 0 radical (unpaired) electrons. The average Bonchev–Trinajstić information content (AvgIpc) is 1.58. The number of fused-ring (bicyclic) bond motifs is 10. The Labute approximate surface area is 653 Å². The average molecular weight is 1530 g/mol. The van der Waals surface area contributed by atoms with Crippen molar-refractivity contribution >= 4 is 49.5 Å². The van der Waals surface area contributed by atoms with Crippen molar-refractivity contribution in [3.63, 3.8) is 0 Å². The summed E-state index contributed by atoms with van der Waals surface area (Å²) < 4.78 is 2.83. The molecule has 0 spiro atoms. The van der Waals surface area contributed by atoms with E-state index in [2.05, 4.69) is 353 Å². The quantitative estimate of drug-likeness (QED) is 0.154. The van der Waals surface area contributed by atoms with Crippen LogP contribution >= 0.6 is 0 Å². The molecule has 4 aliphatic rings. The van der Waals surface area contributed by atoms with Crippen molar-refractivity contribution in [2.75, 3.05) is 0 Å². The Morgan fingerprint density at radius 2 is 0.588 bits per heavy atom. The zero-order chi connectivity index (χ0) is 71.3. The summed E-state index contributed by atoms with van der Waals surface area (Å²) in [7, 11) is 0. The van der Waals surface area contributed by atoms with Gasteiger partial charge in [0.2, 0.25) is 0 Å². The van der Waals surface area contributed by atoms with Gasteiger partial charge in [0.25, 0.3) is 0 Å². The zero-order valence-corrected chi connectivity index (χ0v) is 69.1. The molecule has 0 fully saturated rings. The van der Waals surface area contributed by atoms with E-state index in [4.69, 9.17) is 0 Å². The predicted octanol–water partition coefficient (Wildman–Crippen LogP) is 19.4.